The number of unbranched alkanes of at least 4 members (excludes halogenated alkanes) is 1. The lowest BCUT2D eigenvalue weighted by molar-refractivity contribution is 0.0697. The maximum absolute atomic E-state index is 10.8. The van der Waals surface area contributed by atoms with Gasteiger partial charge in [-0.1, -0.05) is 19.8 Å². The van der Waals surface area contributed by atoms with Gasteiger partial charge in [-0.25, -0.2) is 9.78 Å². The SMILES string of the molecule is CCCCC(C)Nc1cc(C(=O)O)ccn1. The van der Waals surface area contributed by atoms with E-state index in [-0.39, 0.29) is 5.56 Å². The van der Waals surface area contributed by atoms with Gasteiger partial charge in [0.25, 0.3) is 0 Å². The molecule has 2 N–H and O–H groups in total. The van der Waals surface area contributed by atoms with Crippen LogP contribution in [0.3, 0.4) is 0 Å². The molecule has 0 amide bonds. The number of anilines is 1. The Morgan fingerprint density at radius 3 is 3.00 bits per heavy atom. The molecule has 16 heavy (non-hydrogen) atoms. The summed E-state index contributed by atoms with van der Waals surface area (Å²) in [4.78, 5) is 14.9. The van der Waals surface area contributed by atoms with Gasteiger partial charge in [-0.3, -0.25) is 0 Å². The van der Waals surface area contributed by atoms with Crippen LogP contribution < -0.4 is 5.32 Å². The normalized spacial score (nSPS) is 12.1. The van der Waals surface area contributed by atoms with Crippen LogP contribution in [-0.2, 0) is 0 Å². The summed E-state index contributed by atoms with van der Waals surface area (Å²) in [5.74, 6) is -0.296. The van der Waals surface area contributed by atoms with E-state index in [9.17, 15) is 4.79 Å². The summed E-state index contributed by atoms with van der Waals surface area (Å²) in [5.41, 5.74) is 0.264. The van der Waals surface area contributed by atoms with Crippen molar-refractivity contribution in [3.8, 4) is 0 Å². The zero-order chi connectivity index (χ0) is 12.0. The second-order valence-electron chi connectivity index (χ2n) is 3.92. The summed E-state index contributed by atoms with van der Waals surface area (Å²) in [5, 5.41) is 12.0. The predicted octanol–water partition coefficient (Wildman–Crippen LogP) is 2.77. The Labute approximate surface area is 95.7 Å². The Morgan fingerprint density at radius 1 is 1.62 bits per heavy atom. The number of carboxylic acids is 1. The maximum Gasteiger partial charge on any atom is 0.335 e. The van der Waals surface area contributed by atoms with Crippen LogP contribution in [0, 0.1) is 0 Å². The van der Waals surface area contributed by atoms with Crippen LogP contribution >= 0.6 is 0 Å². The summed E-state index contributed by atoms with van der Waals surface area (Å²) >= 11 is 0. The van der Waals surface area contributed by atoms with Gasteiger partial charge in [-0.15, -0.1) is 0 Å². The van der Waals surface area contributed by atoms with E-state index in [1.807, 2.05) is 0 Å². The van der Waals surface area contributed by atoms with Crippen molar-refractivity contribution < 1.29 is 9.90 Å². The van der Waals surface area contributed by atoms with E-state index in [2.05, 4.69) is 24.1 Å². The molecule has 0 bridgehead atoms. The largest absolute Gasteiger partial charge is 0.478 e. The van der Waals surface area contributed by atoms with E-state index in [1.54, 1.807) is 6.07 Å². The van der Waals surface area contributed by atoms with Crippen LogP contribution in [-0.4, -0.2) is 22.1 Å². The molecule has 0 aliphatic heterocycles. The number of nitrogens with zero attached hydrogens (tertiary/aromatic N) is 1. The maximum atomic E-state index is 10.8. The van der Waals surface area contributed by atoms with Gasteiger partial charge in [0.15, 0.2) is 0 Å². The van der Waals surface area contributed by atoms with E-state index >= 15 is 0 Å². The van der Waals surface area contributed by atoms with Crippen molar-refractivity contribution in [2.45, 2.75) is 39.2 Å². The molecule has 0 fully saturated rings. The molecule has 88 valence electrons. The number of nitrogens with one attached hydrogen (secondary N) is 1. The molecule has 0 saturated heterocycles. The van der Waals surface area contributed by atoms with Crippen LogP contribution in [0.2, 0.25) is 0 Å². The number of rotatable bonds is 6. The molecule has 1 aromatic heterocycles. The third kappa shape index (κ3) is 3.88. The predicted molar refractivity (Wildman–Crippen MR) is 63.8 cm³/mol. The van der Waals surface area contributed by atoms with E-state index < -0.39 is 5.97 Å². The highest BCUT2D eigenvalue weighted by molar-refractivity contribution is 5.88. The molecule has 0 aromatic carbocycles. The van der Waals surface area contributed by atoms with Crippen LogP contribution in [0.1, 0.15) is 43.5 Å². The molecule has 1 aromatic rings. The van der Waals surface area contributed by atoms with Crippen LogP contribution in [0.15, 0.2) is 18.3 Å². The molecule has 4 nitrogen and oxygen atoms in total. The van der Waals surface area contributed by atoms with Gasteiger partial charge < -0.3 is 10.4 Å². The van der Waals surface area contributed by atoms with Gasteiger partial charge in [-0.2, -0.15) is 0 Å². The molecule has 0 radical (unpaired) electrons. The van der Waals surface area contributed by atoms with E-state index in [0.717, 1.165) is 19.3 Å². The van der Waals surface area contributed by atoms with E-state index in [1.165, 1.54) is 12.3 Å². The molecule has 1 unspecified atom stereocenters. The number of aromatic nitrogens is 1. The second-order valence-corrected chi connectivity index (χ2v) is 3.92. The number of carboxylic acid groups (broad SMARTS) is 1. The van der Waals surface area contributed by atoms with Crippen LogP contribution in [0.4, 0.5) is 5.82 Å². The van der Waals surface area contributed by atoms with Crippen molar-refractivity contribution in [1.29, 1.82) is 0 Å². The Balaban J connectivity index is 2.59. The zero-order valence-electron chi connectivity index (χ0n) is 9.73. The molecule has 1 rings (SSSR count). The Bertz CT molecular complexity index is 353. The lowest BCUT2D eigenvalue weighted by atomic mass is 10.1. The molecule has 1 atom stereocenters. The smallest absolute Gasteiger partial charge is 0.335 e. The molecule has 0 spiro atoms. The van der Waals surface area contributed by atoms with Gasteiger partial charge >= 0.3 is 5.97 Å². The molecular weight excluding hydrogens is 204 g/mol. The third-order valence-corrected chi connectivity index (χ3v) is 2.39. The first kappa shape index (κ1) is 12.5. The summed E-state index contributed by atoms with van der Waals surface area (Å²) in [6.07, 6.45) is 4.90. The quantitative estimate of drug-likeness (QED) is 0.777. The average Bonchev–Trinajstić information content (AvgIpc) is 2.26. The molecule has 0 aliphatic rings. The van der Waals surface area contributed by atoms with Crippen molar-refractivity contribution >= 4 is 11.8 Å². The highest BCUT2D eigenvalue weighted by Gasteiger charge is 2.06. The zero-order valence-corrected chi connectivity index (χ0v) is 9.73. The Kier molecular flexibility index (Phi) is 4.76. The molecule has 4 heteroatoms. The molecular formula is C12H18N2O2. The molecule has 1 heterocycles. The highest BCUT2D eigenvalue weighted by Crippen LogP contribution is 2.10. The Hall–Kier alpha value is -1.58. The van der Waals surface area contributed by atoms with Gasteiger partial charge in [0.1, 0.15) is 5.82 Å². The van der Waals surface area contributed by atoms with Crippen molar-refractivity contribution in [3.05, 3.63) is 23.9 Å². The van der Waals surface area contributed by atoms with Crippen LogP contribution in [0.5, 0.6) is 0 Å². The first-order valence-electron chi connectivity index (χ1n) is 5.59. The van der Waals surface area contributed by atoms with Gasteiger partial charge in [0.05, 0.1) is 5.56 Å². The second kappa shape index (κ2) is 6.10. The first-order valence-corrected chi connectivity index (χ1v) is 5.59. The first-order chi connectivity index (χ1) is 7.63. The fourth-order valence-corrected chi connectivity index (χ4v) is 1.48. The number of pyridine rings is 1. The van der Waals surface area contributed by atoms with Crippen molar-refractivity contribution in [2.24, 2.45) is 0 Å². The molecule has 0 aliphatic carbocycles. The summed E-state index contributed by atoms with van der Waals surface area (Å²) in [7, 11) is 0. The average molecular weight is 222 g/mol. The van der Waals surface area contributed by atoms with Crippen molar-refractivity contribution in [1.82, 2.24) is 4.98 Å². The highest BCUT2D eigenvalue weighted by atomic mass is 16.4. The fraction of sp³-hybridized carbons (Fsp3) is 0.500. The topological polar surface area (TPSA) is 62.2 Å². The summed E-state index contributed by atoms with van der Waals surface area (Å²) in [6, 6.07) is 3.37. The van der Waals surface area contributed by atoms with Gasteiger partial charge in [0, 0.05) is 12.2 Å². The van der Waals surface area contributed by atoms with Crippen molar-refractivity contribution in [2.75, 3.05) is 5.32 Å². The number of aromatic carboxylic acids is 1. The fourth-order valence-electron chi connectivity index (χ4n) is 1.48. The van der Waals surface area contributed by atoms with Gasteiger partial charge in [-0.05, 0) is 25.5 Å². The van der Waals surface area contributed by atoms with Gasteiger partial charge in [0.2, 0.25) is 0 Å². The third-order valence-electron chi connectivity index (χ3n) is 2.39. The number of carbonyl (C=O) groups is 1. The van der Waals surface area contributed by atoms with E-state index in [0.29, 0.717) is 11.9 Å². The minimum absolute atomic E-state index is 0.264. The lowest BCUT2D eigenvalue weighted by Crippen LogP contribution is -2.16. The van der Waals surface area contributed by atoms with E-state index in [4.69, 9.17) is 5.11 Å². The minimum atomic E-state index is -0.924. The summed E-state index contributed by atoms with van der Waals surface area (Å²) < 4.78 is 0. The van der Waals surface area contributed by atoms with Crippen molar-refractivity contribution in [3.63, 3.8) is 0 Å². The standard InChI is InChI=1S/C12H18N2O2/c1-3-4-5-9(2)14-11-8-10(12(15)16)6-7-13-11/h6-9H,3-5H2,1-2H3,(H,13,14)(H,15,16). The number of hydrogen-bond acceptors (Lipinski definition) is 3. The number of hydrogen-bond donors (Lipinski definition) is 2. The summed E-state index contributed by atoms with van der Waals surface area (Å²) in [6.45, 7) is 4.22. The Morgan fingerprint density at radius 2 is 2.38 bits per heavy atom. The lowest BCUT2D eigenvalue weighted by Gasteiger charge is -2.13. The monoisotopic (exact) mass is 222 g/mol. The van der Waals surface area contributed by atoms with Crippen LogP contribution in [0.25, 0.3) is 0 Å². The molecule has 0 saturated carbocycles. The minimum Gasteiger partial charge on any atom is -0.478 e.